The summed E-state index contributed by atoms with van der Waals surface area (Å²) in [6, 6.07) is 4.91. The number of esters is 2. The predicted molar refractivity (Wildman–Crippen MR) is 90.5 cm³/mol. The number of furan rings is 2. The summed E-state index contributed by atoms with van der Waals surface area (Å²) < 4.78 is 20.8. The van der Waals surface area contributed by atoms with Crippen molar-refractivity contribution < 1.29 is 32.7 Å². The van der Waals surface area contributed by atoms with Crippen molar-refractivity contribution in [3.8, 4) is 0 Å². The molecule has 2 aromatic rings. The van der Waals surface area contributed by atoms with Gasteiger partial charge in [0, 0.05) is 0 Å². The van der Waals surface area contributed by atoms with Crippen molar-refractivity contribution in [2.75, 3.05) is 13.2 Å². The number of amides is 2. The van der Waals surface area contributed by atoms with Crippen molar-refractivity contribution in [2.24, 2.45) is 0 Å². The molecule has 1 aliphatic heterocycles. The number of ether oxygens (including phenoxy) is 2. The zero-order chi connectivity index (χ0) is 19.4. The first kappa shape index (κ1) is 18.3. The van der Waals surface area contributed by atoms with E-state index in [4.69, 9.17) is 18.3 Å². The Kier molecular flexibility index (Phi) is 5.30. The normalized spacial score (nSPS) is 16.5. The number of hydrogen-bond donors (Lipinski definition) is 2. The lowest BCUT2D eigenvalue weighted by atomic mass is 10.0. The summed E-state index contributed by atoms with van der Waals surface area (Å²) in [5.74, 6) is -0.402. The number of carbonyl (C=O) groups is 3. The minimum Gasteiger partial charge on any atom is -0.464 e. The molecule has 3 rings (SSSR count). The maximum atomic E-state index is 12.5. The number of urea groups is 1. The van der Waals surface area contributed by atoms with Gasteiger partial charge in [-0.05, 0) is 38.1 Å². The Hall–Kier alpha value is -3.49. The Bertz CT molecular complexity index is 879. The third kappa shape index (κ3) is 4.02. The van der Waals surface area contributed by atoms with Crippen molar-refractivity contribution in [3.05, 3.63) is 59.1 Å². The van der Waals surface area contributed by atoms with Crippen molar-refractivity contribution >= 4 is 18.0 Å². The molecule has 1 atom stereocenters. The molecule has 0 aliphatic carbocycles. The van der Waals surface area contributed by atoms with Crippen LogP contribution in [-0.4, -0.2) is 31.2 Å². The zero-order valence-corrected chi connectivity index (χ0v) is 14.7. The summed E-state index contributed by atoms with van der Waals surface area (Å²) in [6.07, 6.45) is 1.33. The van der Waals surface area contributed by atoms with Crippen LogP contribution in [0.4, 0.5) is 4.79 Å². The molecule has 2 aromatic heterocycles. The van der Waals surface area contributed by atoms with Crippen LogP contribution in [0.1, 0.15) is 35.0 Å². The maximum absolute atomic E-state index is 12.5. The van der Waals surface area contributed by atoms with Gasteiger partial charge in [-0.3, -0.25) is 0 Å². The van der Waals surface area contributed by atoms with Crippen LogP contribution in [0.5, 0.6) is 0 Å². The highest BCUT2D eigenvalue weighted by Gasteiger charge is 2.36. The first-order valence-corrected chi connectivity index (χ1v) is 8.24. The summed E-state index contributed by atoms with van der Waals surface area (Å²) in [7, 11) is 0. The lowest BCUT2D eigenvalue weighted by molar-refractivity contribution is -0.139. The van der Waals surface area contributed by atoms with Crippen molar-refractivity contribution in [1.82, 2.24) is 10.6 Å². The Balaban J connectivity index is 1.91. The van der Waals surface area contributed by atoms with Gasteiger partial charge in [0.1, 0.15) is 24.2 Å². The van der Waals surface area contributed by atoms with E-state index in [-0.39, 0.29) is 30.2 Å². The minimum atomic E-state index is -0.871. The summed E-state index contributed by atoms with van der Waals surface area (Å²) >= 11 is 0. The van der Waals surface area contributed by atoms with Crippen molar-refractivity contribution in [1.29, 1.82) is 0 Å². The first-order chi connectivity index (χ1) is 13.0. The molecule has 0 aromatic carbocycles. The molecule has 27 heavy (non-hydrogen) atoms. The average Bonchev–Trinajstić information content (AvgIpc) is 3.31. The van der Waals surface area contributed by atoms with Gasteiger partial charge in [-0.15, -0.1) is 0 Å². The minimum absolute atomic E-state index is 0.00625. The molecule has 0 saturated heterocycles. The zero-order valence-electron chi connectivity index (χ0n) is 14.7. The van der Waals surface area contributed by atoms with Gasteiger partial charge in [-0.25, -0.2) is 14.4 Å². The second-order valence-electron chi connectivity index (χ2n) is 5.65. The SMILES string of the molecule is CCOC(=O)C1=C(COC(=O)c2ccco2)NC(=O)NC1c1ccc(C)o1. The molecule has 142 valence electrons. The molecule has 9 nitrogen and oxygen atoms in total. The molecular weight excluding hydrogens is 356 g/mol. The molecule has 1 unspecified atom stereocenters. The van der Waals surface area contributed by atoms with E-state index in [1.165, 1.54) is 12.3 Å². The van der Waals surface area contributed by atoms with Crippen LogP contribution < -0.4 is 10.6 Å². The quantitative estimate of drug-likeness (QED) is 0.744. The maximum Gasteiger partial charge on any atom is 0.374 e. The highest BCUT2D eigenvalue weighted by molar-refractivity contribution is 5.95. The largest absolute Gasteiger partial charge is 0.464 e. The Morgan fingerprint density at radius 1 is 1.19 bits per heavy atom. The molecule has 0 spiro atoms. The summed E-state index contributed by atoms with van der Waals surface area (Å²) in [5.41, 5.74) is 0.203. The Morgan fingerprint density at radius 2 is 2.00 bits per heavy atom. The van der Waals surface area contributed by atoms with E-state index in [0.29, 0.717) is 11.5 Å². The van der Waals surface area contributed by atoms with Gasteiger partial charge in [0.15, 0.2) is 0 Å². The number of carbonyl (C=O) groups excluding carboxylic acids is 3. The summed E-state index contributed by atoms with van der Waals surface area (Å²) in [4.78, 5) is 36.5. The Labute approximate surface area is 154 Å². The molecule has 0 saturated carbocycles. The molecule has 9 heteroatoms. The van der Waals surface area contributed by atoms with Crippen LogP contribution in [0.15, 0.2) is 50.6 Å². The van der Waals surface area contributed by atoms with E-state index in [2.05, 4.69) is 10.6 Å². The highest BCUT2D eigenvalue weighted by Crippen LogP contribution is 2.29. The van der Waals surface area contributed by atoms with Gasteiger partial charge in [-0.1, -0.05) is 0 Å². The molecule has 1 aliphatic rings. The third-order valence-electron chi connectivity index (χ3n) is 3.76. The second-order valence-corrected chi connectivity index (χ2v) is 5.65. The third-order valence-corrected chi connectivity index (χ3v) is 3.76. The summed E-state index contributed by atoms with van der Waals surface area (Å²) in [5, 5.41) is 5.11. The predicted octanol–water partition coefficient (Wildman–Crippen LogP) is 2.21. The highest BCUT2D eigenvalue weighted by atomic mass is 16.5. The van der Waals surface area contributed by atoms with E-state index >= 15 is 0 Å². The van der Waals surface area contributed by atoms with E-state index in [1.54, 1.807) is 32.0 Å². The fourth-order valence-electron chi connectivity index (χ4n) is 2.61. The van der Waals surface area contributed by atoms with Crippen LogP contribution >= 0.6 is 0 Å². The number of aryl methyl sites for hydroxylation is 1. The lowest BCUT2D eigenvalue weighted by Crippen LogP contribution is -2.47. The lowest BCUT2D eigenvalue weighted by Gasteiger charge is -2.27. The fourth-order valence-corrected chi connectivity index (χ4v) is 2.61. The van der Waals surface area contributed by atoms with Gasteiger partial charge < -0.3 is 28.9 Å². The van der Waals surface area contributed by atoms with Gasteiger partial charge in [-0.2, -0.15) is 0 Å². The molecule has 0 bridgehead atoms. The molecule has 2 N–H and O–H groups in total. The number of rotatable bonds is 6. The van der Waals surface area contributed by atoms with Crippen LogP contribution in [0, 0.1) is 6.92 Å². The van der Waals surface area contributed by atoms with Gasteiger partial charge >= 0.3 is 18.0 Å². The first-order valence-electron chi connectivity index (χ1n) is 8.24. The van der Waals surface area contributed by atoms with Gasteiger partial charge in [0.25, 0.3) is 0 Å². The standard InChI is InChI=1S/C18H18N2O7/c1-3-24-17(22)14-11(9-26-16(21)13-5-4-8-25-13)19-18(23)20-15(14)12-7-6-10(2)27-12/h4-8,15H,3,9H2,1-2H3,(H2,19,20,23). The topological polar surface area (TPSA) is 120 Å². The average molecular weight is 374 g/mol. The monoisotopic (exact) mass is 374 g/mol. The second kappa shape index (κ2) is 7.81. The van der Waals surface area contributed by atoms with E-state index in [1.807, 2.05) is 0 Å². The van der Waals surface area contributed by atoms with E-state index in [9.17, 15) is 14.4 Å². The van der Waals surface area contributed by atoms with Crippen LogP contribution in [0.25, 0.3) is 0 Å². The van der Waals surface area contributed by atoms with E-state index in [0.717, 1.165) is 0 Å². The molecular formula is C18H18N2O7. The Morgan fingerprint density at radius 3 is 2.63 bits per heavy atom. The van der Waals surface area contributed by atoms with Crippen molar-refractivity contribution in [2.45, 2.75) is 19.9 Å². The van der Waals surface area contributed by atoms with Crippen molar-refractivity contribution in [3.63, 3.8) is 0 Å². The molecule has 3 heterocycles. The summed E-state index contributed by atoms with van der Waals surface area (Å²) in [6.45, 7) is 3.19. The smallest absolute Gasteiger partial charge is 0.374 e. The number of nitrogens with one attached hydrogen (secondary N) is 2. The molecule has 0 fully saturated rings. The molecule has 0 radical (unpaired) electrons. The van der Waals surface area contributed by atoms with Gasteiger partial charge in [0.2, 0.25) is 5.76 Å². The van der Waals surface area contributed by atoms with Crippen LogP contribution in [0.2, 0.25) is 0 Å². The van der Waals surface area contributed by atoms with Crippen LogP contribution in [0.3, 0.4) is 0 Å². The molecule has 2 amide bonds. The fraction of sp³-hybridized carbons (Fsp3) is 0.278. The van der Waals surface area contributed by atoms with Gasteiger partial charge in [0.05, 0.1) is 24.1 Å². The van der Waals surface area contributed by atoms with E-state index < -0.39 is 24.0 Å². The number of hydrogen-bond acceptors (Lipinski definition) is 7. The van der Waals surface area contributed by atoms with Crippen LogP contribution in [-0.2, 0) is 14.3 Å².